The molecule has 0 heterocycles. The maximum atomic E-state index is 12.4. The van der Waals surface area contributed by atoms with Crippen LogP contribution in [0.1, 0.15) is 47.4 Å². The van der Waals surface area contributed by atoms with Crippen LogP contribution in [0.5, 0.6) is 0 Å². The van der Waals surface area contributed by atoms with Gasteiger partial charge >= 0.3 is 5.97 Å². The Labute approximate surface area is 117 Å². The van der Waals surface area contributed by atoms with Crippen LogP contribution in [0.2, 0.25) is 0 Å². The van der Waals surface area contributed by atoms with E-state index in [1.54, 1.807) is 38.1 Å². The van der Waals surface area contributed by atoms with Crippen LogP contribution >= 0.6 is 0 Å². The lowest BCUT2D eigenvalue weighted by Gasteiger charge is -2.18. The Morgan fingerprint density at radius 3 is 2.30 bits per heavy atom. The average Bonchev–Trinajstić information content (AvgIpc) is 2.45. The third-order valence-corrected chi connectivity index (χ3v) is 3.37. The Morgan fingerprint density at radius 1 is 1.10 bits per heavy atom. The van der Waals surface area contributed by atoms with Crippen molar-refractivity contribution in [2.75, 3.05) is 6.61 Å². The molecule has 0 amide bonds. The molecule has 104 valence electrons. The van der Waals surface area contributed by atoms with Crippen LogP contribution in [0, 0.1) is 0 Å². The summed E-state index contributed by atoms with van der Waals surface area (Å²) in [5.41, 5.74) is 1.71. The van der Waals surface area contributed by atoms with Gasteiger partial charge in [0.2, 0.25) is 0 Å². The van der Waals surface area contributed by atoms with Gasteiger partial charge in [-0.1, -0.05) is 24.3 Å². The third kappa shape index (κ3) is 2.54. The summed E-state index contributed by atoms with van der Waals surface area (Å²) < 4.78 is 4.84. The van der Waals surface area contributed by atoms with E-state index in [4.69, 9.17) is 4.74 Å². The van der Waals surface area contributed by atoms with Crippen molar-refractivity contribution >= 4 is 17.5 Å². The Hall–Kier alpha value is -2.23. The highest BCUT2D eigenvalue weighted by Gasteiger charge is 2.29. The molecule has 0 radical (unpaired) electrons. The standard InChI is InChI=1S/C16H16O4/c1-3-20-14(17)9-8-11-10(2)15(18)12-6-4-5-7-13(12)16(11)19/h4-7H,3,8-9H2,1-2H3. The molecule has 0 N–H and O–H groups in total. The number of benzene rings is 1. The second-order valence-corrected chi connectivity index (χ2v) is 4.61. The maximum absolute atomic E-state index is 12.4. The first kappa shape index (κ1) is 14.2. The molecule has 0 spiro atoms. The third-order valence-electron chi connectivity index (χ3n) is 3.37. The molecule has 0 saturated heterocycles. The molecule has 0 atom stereocenters. The van der Waals surface area contributed by atoms with E-state index in [1.165, 1.54) is 0 Å². The number of hydrogen-bond acceptors (Lipinski definition) is 4. The van der Waals surface area contributed by atoms with Gasteiger partial charge in [0.15, 0.2) is 11.6 Å². The van der Waals surface area contributed by atoms with Crippen LogP contribution in [0.4, 0.5) is 0 Å². The minimum atomic E-state index is -0.355. The summed E-state index contributed by atoms with van der Waals surface area (Å²) in [5, 5.41) is 0. The Morgan fingerprint density at radius 2 is 1.70 bits per heavy atom. The van der Waals surface area contributed by atoms with Crippen LogP contribution in [-0.2, 0) is 9.53 Å². The van der Waals surface area contributed by atoms with E-state index < -0.39 is 0 Å². The van der Waals surface area contributed by atoms with E-state index in [0.717, 1.165) is 0 Å². The van der Waals surface area contributed by atoms with Gasteiger partial charge < -0.3 is 4.74 Å². The minimum absolute atomic E-state index is 0.113. The number of Topliss-reactive ketones (excluding diaryl/α,β-unsaturated/α-hetero) is 2. The van der Waals surface area contributed by atoms with Gasteiger partial charge in [-0.05, 0) is 20.3 Å². The Kier molecular flexibility index (Phi) is 4.13. The average molecular weight is 272 g/mol. The molecule has 0 aliphatic heterocycles. The highest BCUT2D eigenvalue weighted by Crippen LogP contribution is 2.28. The number of esters is 1. The number of ether oxygens (including phenoxy) is 1. The van der Waals surface area contributed by atoms with Crippen LogP contribution in [0.25, 0.3) is 0 Å². The summed E-state index contributed by atoms with van der Waals surface area (Å²) in [4.78, 5) is 36.0. The number of fused-ring (bicyclic) bond motifs is 1. The zero-order valence-corrected chi connectivity index (χ0v) is 11.6. The van der Waals surface area contributed by atoms with Gasteiger partial charge in [0.25, 0.3) is 0 Å². The molecular formula is C16H16O4. The molecule has 2 rings (SSSR count). The summed E-state index contributed by atoms with van der Waals surface area (Å²) in [7, 11) is 0. The lowest BCUT2D eigenvalue weighted by Crippen LogP contribution is -2.21. The van der Waals surface area contributed by atoms with Gasteiger partial charge in [0.1, 0.15) is 0 Å². The van der Waals surface area contributed by atoms with E-state index in [9.17, 15) is 14.4 Å². The number of carbonyl (C=O) groups is 3. The maximum Gasteiger partial charge on any atom is 0.306 e. The van der Waals surface area contributed by atoms with Gasteiger partial charge in [0, 0.05) is 28.7 Å². The molecule has 0 bridgehead atoms. The fourth-order valence-corrected chi connectivity index (χ4v) is 2.31. The first-order valence-electron chi connectivity index (χ1n) is 6.60. The van der Waals surface area contributed by atoms with E-state index in [-0.39, 0.29) is 30.4 Å². The van der Waals surface area contributed by atoms with Crippen molar-refractivity contribution in [3.63, 3.8) is 0 Å². The second kappa shape index (κ2) is 5.82. The smallest absolute Gasteiger partial charge is 0.306 e. The van der Waals surface area contributed by atoms with Crippen molar-refractivity contribution < 1.29 is 19.1 Å². The number of rotatable bonds is 4. The van der Waals surface area contributed by atoms with Crippen LogP contribution < -0.4 is 0 Å². The molecule has 1 aliphatic carbocycles. The predicted molar refractivity (Wildman–Crippen MR) is 73.7 cm³/mol. The first-order chi connectivity index (χ1) is 9.56. The predicted octanol–water partition coefficient (Wildman–Crippen LogP) is 2.73. The molecule has 1 aliphatic rings. The molecule has 1 aromatic carbocycles. The molecular weight excluding hydrogens is 256 g/mol. The topological polar surface area (TPSA) is 60.4 Å². The fourth-order valence-electron chi connectivity index (χ4n) is 2.31. The van der Waals surface area contributed by atoms with Crippen LogP contribution in [-0.4, -0.2) is 24.1 Å². The van der Waals surface area contributed by atoms with Crippen LogP contribution in [0.3, 0.4) is 0 Å². The summed E-state index contributed by atoms with van der Waals surface area (Å²) in [5.74, 6) is -0.659. The molecule has 4 nitrogen and oxygen atoms in total. The number of allylic oxidation sites excluding steroid dienone is 2. The van der Waals surface area contributed by atoms with Crippen molar-refractivity contribution in [1.29, 1.82) is 0 Å². The lowest BCUT2D eigenvalue weighted by molar-refractivity contribution is -0.143. The zero-order valence-electron chi connectivity index (χ0n) is 11.6. The summed E-state index contributed by atoms with van der Waals surface area (Å²) in [6, 6.07) is 6.77. The molecule has 4 heteroatoms. The van der Waals surface area contributed by atoms with Gasteiger partial charge in [0.05, 0.1) is 6.61 Å². The largest absolute Gasteiger partial charge is 0.466 e. The number of ketones is 2. The SMILES string of the molecule is CCOC(=O)CCC1=C(C)C(=O)c2ccccc2C1=O. The van der Waals surface area contributed by atoms with E-state index in [1.807, 2.05) is 0 Å². The minimum Gasteiger partial charge on any atom is -0.466 e. The van der Waals surface area contributed by atoms with Gasteiger partial charge in [-0.25, -0.2) is 0 Å². The number of carbonyl (C=O) groups excluding carboxylic acids is 3. The van der Waals surface area contributed by atoms with Crippen molar-refractivity contribution in [3.8, 4) is 0 Å². The highest BCUT2D eigenvalue weighted by molar-refractivity contribution is 6.26. The molecule has 0 saturated carbocycles. The van der Waals surface area contributed by atoms with Crippen molar-refractivity contribution in [2.45, 2.75) is 26.7 Å². The monoisotopic (exact) mass is 272 g/mol. The van der Waals surface area contributed by atoms with Gasteiger partial charge in [-0.15, -0.1) is 0 Å². The molecule has 0 fully saturated rings. The van der Waals surface area contributed by atoms with E-state index in [2.05, 4.69) is 0 Å². The summed E-state index contributed by atoms with van der Waals surface area (Å²) >= 11 is 0. The fraction of sp³-hybridized carbons (Fsp3) is 0.312. The van der Waals surface area contributed by atoms with Crippen molar-refractivity contribution in [3.05, 3.63) is 46.5 Å². The van der Waals surface area contributed by atoms with Crippen LogP contribution in [0.15, 0.2) is 35.4 Å². The molecule has 20 heavy (non-hydrogen) atoms. The normalized spacial score (nSPS) is 14.3. The quantitative estimate of drug-likeness (QED) is 0.791. The van der Waals surface area contributed by atoms with E-state index in [0.29, 0.717) is 28.9 Å². The lowest BCUT2D eigenvalue weighted by atomic mass is 9.83. The van der Waals surface area contributed by atoms with Crippen molar-refractivity contribution in [1.82, 2.24) is 0 Å². The molecule has 0 aromatic heterocycles. The first-order valence-corrected chi connectivity index (χ1v) is 6.60. The van der Waals surface area contributed by atoms with Gasteiger partial charge in [-0.2, -0.15) is 0 Å². The summed E-state index contributed by atoms with van der Waals surface area (Å²) in [6.45, 7) is 3.68. The van der Waals surface area contributed by atoms with Gasteiger partial charge in [-0.3, -0.25) is 14.4 Å². The second-order valence-electron chi connectivity index (χ2n) is 4.61. The molecule has 1 aromatic rings. The van der Waals surface area contributed by atoms with Crippen molar-refractivity contribution in [2.24, 2.45) is 0 Å². The van der Waals surface area contributed by atoms with E-state index >= 15 is 0 Å². The molecule has 0 unspecified atom stereocenters. The summed E-state index contributed by atoms with van der Waals surface area (Å²) in [6.07, 6.45) is 0.352. The number of hydrogen-bond donors (Lipinski definition) is 0. The highest BCUT2D eigenvalue weighted by atomic mass is 16.5. The Bertz CT molecular complexity index is 611. The Balaban J connectivity index is 2.26. The zero-order chi connectivity index (χ0) is 14.7.